The fourth-order valence-electron chi connectivity index (χ4n) is 4.11. The standard InChI is InChI=1S/C17H28O5/c1-3-7-13-11(2)14-16(15(20-13)12(19)10-18)22-17(21-14)8-5-4-6-9-17/h3,11-16,18-19H,1,4-10H2,2H3/t11-,12+,13-,14-,15-,16?/m0/s1. The summed E-state index contributed by atoms with van der Waals surface area (Å²) in [6, 6.07) is 0. The van der Waals surface area contributed by atoms with Gasteiger partial charge < -0.3 is 24.4 Å². The zero-order chi connectivity index (χ0) is 15.7. The minimum Gasteiger partial charge on any atom is -0.394 e. The first-order chi connectivity index (χ1) is 10.6. The van der Waals surface area contributed by atoms with E-state index in [-0.39, 0.29) is 30.8 Å². The smallest absolute Gasteiger partial charge is 0.169 e. The van der Waals surface area contributed by atoms with Gasteiger partial charge in [0.25, 0.3) is 0 Å². The van der Waals surface area contributed by atoms with Crippen molar-refractivity contribution in [2.45, 2.75) is 81.8 Å². The molecular formula is C17H28O5. The third-order valence-corrected chi connectivity index (χ3v) is 5.37. The first kappa shape index (κ1) is 16.4. The summed E-state index contributed by atoms with van der Waals surface area (Å²) in [5.41, 5.74) is 0. The highest BCUT2D eigenvalue weighted by Crippen LogP contribution is 2.47. The van der Waals surface area contributed by atoms with Crippen LogP contribution in [-0.2, 0) is 14.2 Å². The first-order valence-electron chi connectivity index (χ1n) is 8.51. The lowest BCUT2D eigenvalue weighted by Crippen LogP contribution is -2.56. The molecule has 0 radical (unpaired) electrons. The molecule has 2 heterocycles. The Balaban J connectivity index is 1.82. The van der Waals surface area contributed by atoms with Gasteiger partial charge in [0, 0.05) is 18.8 Å². The molecule has 1 unspecified atom stereocenters. The van der Waals surface area contributed by atoms with Crippen LogP contribution in [0.2, 0.25) is 0 Å². The van der Waals surface area contributed by atoms with Crippen LogP contribution in [0.3, 0.4) is 0 Å². The molecular weight excluding hydrogens is 284 g/mol. The van der Waals surface area contributed by atoms with Crippen molar-refractivity contribution in [3.05, 3.63) is 12.7 Å². The van der Waals surface area contributed by atoms with Gasteiger partial charge in [-0.15, -0.1) is 6.58 Å². The summed E-state index contributed by atoms with van der Waals surface area (Å²) in [4.78, 5) is 0. The second-order valence-electron chi connectivity index (χ2n) is 6.91. The van der Waals surface area contributed by atoms with Crippen molar-refractivity contribution in [3.63, 3.8) is 0 Å². The minimum atomic E-state index is -0.949. The molecule has 1 aliphatic carbocycles. The third-order valence-electron chi connectivity index (χ3n) is 5.37. The Morgan fingerprint density at radius 3 is 2.55 bits per heavy atom. The summed E-state index contributed by atoms with van der Waals surface area (Å²) in [5.74, 6) is -0.340. The minimum absolute atomic E-state index is 0.0627. The van der Waals surface area contributed by atoms with Crippen molar-refractivity contribution in [2.24, 2.45) is 5.92 Å². The van der Waals surface area contributed by atoms with Gasteiger partial charge in [-0.2, -0.15) is 0 Å². The molecule has 2 N–H and O–H groups in total. The van der Waals surface area contributed by atoms with Crippen molar-refractivity contribution in [2.75, 3.05) is 6.61 Å². The molecule has 6 atom stereocenters. The van der Waals surface area contributed by atoms with Crippen LogP contribution >= 0.6 is 0 Å². The lowest BCUT2D eigenvalue weighted by molar-refractivity contribution is -0.210. The van der Waals surface area contributed by atoms with Crippen molar-refractivity contribution in [1.29, 1.82) is 0 Å². The fraction of sp³-hybridized carbons (Fsp3) is 0.882. The average molecular weight is 312 g/mol. The Bertz CT molecular complexity index is 393. The number of aliphatic hydroxyl groups excluding tert-OH is 2. The third kappa shape index (κ3) is 2.85. The highest BCUT2D eigenvalue weighted by molar-refractivity contribution is 5.01. The topological polar surface area (TPSA) is 68.2 Å². The Hall–Kier alpha value is -0.460. The molecule has 0 amide bonds. The van der Waals surface area contributed by atoms with Crippen molar-refractivity contribution < 1.29 is 24.4 Å². The predicted molar refractivity (Wildman–Crippen MR) is 81.3 cm³/mol. The largest absolute Gasteiger partial charge is 0.394 e. The number of hydrogen-bond acceptors (Lipinski definition) is 5. The molecule has 3 rings (SSSR count). The molecule has 2 saturated heterocycles. The van der Waals surface area contributed by atoms with Gasteiger partial charge in [0.15, 0.2) is 5.79 Å². The van der Waals surface area contributed by atoms with Crippen LogP contribution in [-0.4, -0.2) is 53.1 Å². The monoisotopic (exact) mass is 312 g/mol. The normalized spacial score (nSPS) is 42.0. The van der Waals surface area contributed by atoms with Crippen molar-refractivity contribution in [1.82, 2.24) is 0 Å². The highest BCUT2D eigenvalue weighted by atomic mass is 16.8. The molecule has 1 spiro atoms. The molecule has 0 aromatic heterocycles. The van der Waals surface area contributed by atoms with Gasteiger partial charge in [-0.3, -0.25) is 0 Å². The van der Waals surface area contributed by atoms with Gasteiger partial charge in [-0.25, -0.2) is 0 Å². The molecule has 2 aliphatic heterocycles. The van der Waals surface area contributed by atoms with E-state index < -0.39 is 18.0 Å². The number of fused-ring (bicyclic) bond motifs is 1. The Morgan fingerprint density at radius 2 is 1.91 bits per heavy atom. The maximum absolute atomic E-state index is 10.2. The second-order valence-corrected chi connectivity index (χ2v) is 6.91. The van der Waals surface area contributed by atoms with E-state index in [1.54, 1.807) is 0 Å². The lowest BCUT2D eigenvalue weighted by Gasteiger charge is -2.42. The van der Waals surface area contributed by atoms with E-state index in [1.165, 1.54) is 6.42 Å². The maximum Gasteiger partial charge on any atom is 0.169 e. The van der Waals surface area contributed by atoms with E-state index in [1.807, 2.05) is 6.08 Å². The number of hydrogen-bond donors (Lipinski definition) is 2. The Kier molecular flexibility index (Phi) is 4.90. The van der Waals surface area contributed by atoms with Crippen LogP contribution in [0.25, 0.3) is 0 Å². The first-order valence-corrected chi connectivity index (χ1v) is 8.51. The summed E-state index contributed by atoms with van der Waals surface area (Å²) >= 11 is 0. The van der Waals surface area contributed by atoms with E-state index in [2.05, 4.69) is 13.5 Å². The van der Waals surface area contributed by atoms with E-state index in [9.17, 15) is 10.2 Å². The number of aliphatic hydroxyl groups is 2. The fourth-order valence-corrected chi connectivity index (χ4v) is 4.11. The molecule has 5 heteroatoms. The average Bonchev–Trinajstić information content (AvgIpc) is 2.89. The van der Waals surface area contributed by atoms with Crippen LogP contribution in [0.1, 0.15) is 45.4 Å². The molecule has 126 valence electrons. The van der Waals surface area contributed by atoms with Crippen LogP contribution in [0.4, 0.5) is 0 Å². The van der Waals surface area contributed by atoms with E-state index in [0.717, 1.165) is 25.7 Å². The molecule has 1 saturated carbocycles. The van der Waals surface area contributed by atoms with E-state index >= 15 is 0 Å². The highest BCUT2D eigenvalue weighted by Gasteiger charge is 2.57. The number of rotatable bonds is 4. The van der Waals surface area contributed by atoms with Gasteiger partial charge in [-0.05, 0) is 19.3 Å². The van der Waals surface area contributed by atoms with E-state index in [4.69, 9.17) is 14.2 Å². The Labute approximate surface area is 132 Å². The van der Waals surface area contributed by atoms with Crippen molar-refractivity contribution in [3.8, 4) is 0 Å². The quantitative estimate of drug-likeness (QED) is 0.774. The lowest BCUT2D eigenvalue weighted by atomic mass is 9.85. The van der Waals surface area contributed by atoms with Gasteiger partial charge in [0.05, 0.1) is 18.8 Å². The molecule has 0 aromatic rings. The van der Waals surface area contributed by atoms with Gasteiger partial charge in [-0.1, -0.05) is 19.4 Å². The maximum atomic E-state index is 10.2. The summed E-state index contributed by atoms with van der Waals surface area (Å²) in [6.45, 7) is 5.56. The summed E-state index contributed by atoms with van der Waals surface area (Å²) < 4.78 is 18.7. The zero-order valence-electron chi connectivity index (χ0n) is 13.3. The SMILES string of the molecule is C=CC[C@@H]1O[C@@H]([C@H](O)CO)C2OC3(CCCCC3)O[C@H]2[C@H]1C. The summed E-state index contributed by atoms with van der Waals surface area (Å²) in [7, 11) is 0. The van der Waals surface area contributed by atoms with Crippen LogP contribution < -0.4 is 0 Å². The van der Waals surface area contributed by atoms with Gasteiger partial charge >= 0.3 is 0 Å². The summed E-state index contributed by atoms with van der Waals surface area (Å²) in [5, 5.41) is 19.5. The second kappa shape index (κ2) is 6.57. The van der Waals surface area contributed by atoms with Gasteiger partial charge in [0.2, 0.25) is 0 Å². The molecule has 0 bridgehead atoms. The predicted octanol–water partition coefficient (Wildman–Crippen LogP) is 1.76. The molecule has 5 nitrogen and oxygen atoms in total. The molecule has 3 fully saturated rings. The van der Waals surface area contributed by atoms with Gasteiger partial charge in [0.1, 0.15) is 18.3 Å². The summed E-state index contributed by atoms with van der Waals surface area (Å²) in [6.07, 6.45) is 5.82. The molecule has 22 heavy (non-hydrogen) atoms. The van der Waals surface area contributed by atoms with Crippen LogP contribution in [0.5, 0.6) is 0 Å². The van der Waals surface area contributed by atoms with Crippen LogP contribution in [0.15, 0.2) is 12.7 Å². The van der Waals surface area contributed by atoms with Crippen LogP contribution in [0, 0.1) is 5.92 Å². The molecule has 0 aromatic carbocycles. The number of ether oxygens (including phenoxy) is 3. The Morgan fingerprint density at radius 1 is 1.23 bits per heavy atom. The van der Waals surface area contributed by atoms with Crippen molar-refractivity contribution >= 4 is 0 Å². The molecule has 3 aliphatic rings. The zero-order valence-corrected chi connectivity index (χ0v) is 13.3. The van der Waals surface area contributed by atoms with E-state index in [0.29, 0.717) is 6.42 Å².